The summed E-state index contributed by atoms with van der Waals surface area (Å²) in [6.45, 7) is 4.10. The Morgan fingerprint density at radius 3 is 2.85 bits per heavy atom. The lowest BCUT2D eigenvalue weighted by Crippen LogP contribution is -2.34. The minimum Gasteiger partial charge on any atom is -0.459 e. The van der Waals surface area contributed by atoms with E-state index in [1.807, 2.05) is 37.3 Å². The van der Waals surface area contributed by atoms with Gasteiger partial charge in [-0.25, -0.2) is 0 Å². The van der Waals surface area contributed by atoms with Gasteiger partial charge in [0.15, 0.2) is 5.76 Å². The smallest absolute Gasteiger partial charge is 0.294 e. The first kappa shape index (κ1) is 14.6. The van der Waals surface area contributed by atoms with Crippen molar-refractivity contribution in [2.45, 2.75) is 13.5 Å². The van der Waals surface area contributed by atoms with Crippen LogP contribution in [0.15, 0.2) is 41.0 Å². The van der Waals surface area contributed by atoms with Crippen molar-refractivity contribution in [2.24, 2.45) is 0 Å². The molecule has 20 heavy (non-hydrogen) atoms. The molecule has 4 nitrogen and oxygen atoms in total. The van der Waals surface area contributed by atoms with E-state index in [0.717, 1.165) is 29.9 Å². The van der Waals surface area contributed by atoms with Crippen LogP contribution in [-0.2, 0) is 6.54 Å². The number of aryl methyl sites for hydroxylation is 1. The maximum Gasteiger partial charge on any atom is 0.294 e. The fraction of sp³-hybridized carbons (Fsp3) is 0.267. The van der Waals surface area contributed by atoms with E-state index in [1.54, 1.807) is 11.2 Å². The van der Waals surface area contributed by atoms with Gasteiger partial charge in [0.2, 0.25) is 0 Å². The van der Waals surface area contributed by atoms with Gasteiger partial charge in [-0.1, -0.05) is 18.2 Å². The third-order valence-corrected chi connectivity index (χ3v) is 3.41. The number of carbonyl (C=O) groups is 1. The predicted molar refractivity (Wildman–Crippen MR) is 80.5 cm³/mol. The lowest BCUT2D eigenvalue weighted by molar-refractivity contribution is 0.0960. The van der Waals surface area contributed by atoms with Gasteiger partial charge in [0.25, 0.3) is 5.91 Å². The number of halogens is 1. The van der Waals surface area contributed by atoms with Crippen molar-refractivity contribution in [1.82, 2.24) is 5.32 Å². The van der Waals surface area contributed by atoms with E-state index in [9.17, 15) is 4.79 Å². The molecular weight excluding hydrogens is 276 g/mol. The summed E-state index contributed by atoms with van der Waals surface area (Å²) in [5, 5.41) is 3.32. The van der Waals surface area contributed by atoms with Crippen LogP contribution >= 0.6 is 12.4 Å². The Balaban J connectivity index is 0.00000147. The van der Waals surface area contributed by atoms with Gasteiger partial charge < -0.3 is 14.6 Å². The molecular formula is C15H17ClN2O2. The largest absolute Gasteiger partial charge is 0.459 e. The first-order chi connectivity index (χ1) is 9.27. The van der Waals surface area contributed by atoms with E-state index in [0.29, 0.717) is 12.3 Å². The van der Waals surface area contributed by atoms with Crippen molar-refractivity contribution in [2.75, 3.05) is 18.0 Å². The first-order valence-electron chi connectivity index (χ1n) is 6.42. The van der Waals surface area contributed by atoms with Crippen molar-refractivity contribution in [1.29, 1.82) is 0 Å². The molecule has 5 heteroatoms. The summed E-state index contributed by atoms with van der Waals surface area (Å²) < 4.78 is 5.32. The number of rotatable bonds is 1. The number of nitrogens with zero attached hydrogens (tertiary/aromatic N) is 1. The highest BCUT2D eigenvalue weighted by Crippen LogP contribution is 2.24. The number of furan rings is 1. The second kappa shape index (κ2) is 6.11. The van der Waals surface area contributed by atoms with Gasteiger partial charge >= 0.3 is 0 Å². The summed E-state index contributed by atoms with van der Waals surface area (Å²) >= 11 is 0. The summed E-state index contributed by atoms with van der Waals surface area (Å²) in [6.07, 6.45) is 1.56. The number of para-hydroxylation sites is 1. The van der Waals surface area contributed by atoms with Gasteiger partial charge in [0, 0.05) is 30.9 Å². The number of benzene rings is 1. The lowest BCUT2D eigenvalue weighted by Gasteiger charge is -2.21. The second-order valence-corrected chi connectivity index (χ2v) is 4.70. The SMILES string of the molecule is Cc1ccoc1C(=O)N1CCNCc2ccccc21.Cl. The summed E-state index contributed by atoms with van der Waals surface area (Å²) in [5.74, 6) is 0.357. The molecule has 0 saturated heterocycles. The van der Waals surface area contributed by atoms with E-state index >= 15 is 0 Å². The monoisotopic (exact) mass is 292 g/mol. The Kier molecular flexibility index (Phi) is 4.47. The van der Waals surface area contributed by atoms with Gasteiger partial charge in [0.05, 0.1) is 6.26 Å². The van der Waals surface area contributed by atoms with Crippen LogP contribution in [0, 0.1) is 6.92 Å². The van der Waals surface area contributed by atoms with Gasteiger partial charge in [-0.05, 0) is 24.6 Å². The molecule has 106 valence electrons. The van der Waals surface area contributed by atoms with Crippen LogP contribution in [0.4, 0.5) is 5.69 Å². The zero-order chi connectivity index (χ0) is 13.2. The number of nitrogens with one attached hydrogen (secondary N) is 1. The molecule has 0 atom stereocenters. The summed E-state index contributed by atoms with van der Waals surface area (Å²) in [6, 6.07) is 9.79. The van der Waals surface area contributed by atoms with E-state index in [4.69, 9.17) is 4.42 Å². The van der Waals surface area contributed by atoms with E-state index < -0.39 is 0 Å². The molecule has 0 radical (unpaired) electrons. The Labute approximate surface area is 124 Å². The second-order valence-electron chi connectivity index (χ2n) is 4.70. The predicted octanol–water partition coefficient (Wildman–Crippen LogP) is 2.76. The molecule has 0 aliphatic carbocycles. The zero-order valence-electron chi connectivity index (χ0n) is 11.3. The summed E-state index contributed by atoms with van der Waals surface area (Å²) in [7, 11) is 0. The average molecular weight is 293 g/mol. The standard InChI is InChI=1S/C15H16N2O2.ClH/c1-11-6-9-19-14(11)15(18)17-8-7-16-10-12-4-2-3-5-13(12)17;/h2-6,9,16H,7-8,10H2,1H3;1H. The molecule has 3 rings (SSSR count). The third-order valence-electron chi connectivity index (χ3n) is 3.41. The molecule has 1 amide bonds. The van der Waals surface area contributed by atoms with Crippen LogP contribution in [0.2, 0.25) is 0 Å². The van der Waals surface area contributed by atoms with Crippen molar-refractivity contribution < 1.29 is 9.21 Å². The number of hydrogen-bond donors (Lipinski definition) is 1. The summed E-state index contributed by atoms with van der Waals surface area (Å²) in [5.41, 5.74) is 2.98. The molecule has 1 aromatic heterocycles. The Hall–Kier alpha value is -1.78. The molecule has 1 N–H and O–H groups in total. The van der Waals surface area contributed by atoms with E-state index in [1.165, 1.54) is 0 Å². The molecule has 0 spiro atoms. The lowest BCUT2D eigenvalue weighted by atomic mass is 10.1. The number of hydrogen-bond acceptors (Lipinski definition) is 3. The minimum atomic E-state index is -0.0707. The zero-order valence-corrected chi connectivity index (χ0v) is 12.1. The molecule has 2 heterocycles. The van der Waals surface area contributed by atoms with E-state index in [2.05, 4.69) is 5.32 Å². The van der Waals surface area contributed by atoms with Crippen LogP contribution in [-0.4, -0.2) is 19.0 Å². The number of carbonyl (C=O) groups excluding carboxylic acids is 1. The topological polar surface area (TPSA) is 45.5 Å². The van der Waals surface area contributed by atoms with E-state index in [-0.39, 0.29) is 18.3 Å². The number of amides is 1. The maximum absolute atomic E-state index is 12.6. The first-order valence-corrected chi connectivity index (χ1v) is 6.42. The highest BCUT2D eigenvalue weighted by atomic mass is 35.5. The van der Waals surface area contributed by atoms with Gasteiger partial charge in [0.1, 0.15) is 0 Å². The molecule has 2 aromatic rings. The van der Waals surface area contributed by atoms with Crippen molar-refractivity contribution >= 4 is 24.0 Å². The fourth-order valence-electron chi connectivity index (χ4n) is 2.38. The van der Waals surface area contributed by atoms with Crippen LogP contribution in [0.25, 0.3) is 0 Å². The minimum absolute atomic E-state index is 0. The Morgan fingerprint density at radius 1 is 1.30 bits per heavy atom. The highest BCUT2D eigenvalue weighted by Gasteiger charge is 2.24. The maximum atomic E-state index is 12.6. The molecule has 0 unspecified atom stereocenters. The molecule has 0 fully saturated rings. The van der Waals surface area contributed by atoms with Gasteiger partial charge in [-0.2, -0.15) is 0 Å². The molecule has 1 aromatic carbocycles. The van der Waals surface area contributed by atoms with Gasteiger partial charge in [-0.3, -0.25) is 4.79 Å². The Morgan fingerprint density at radius 2 is 2.10 bits per heavy atom. The van der Waals surface area contributed by atoms with Crippen molar-refractivity contribution in [3.05, 3.63) is 53.5 Å². The highest BCUT2D eigenvalue weighted by molar-refractivity contribution is 6.05. The van der Waals surface area contributed by atoms with Gasteiger partial charge in [-0.15, -0.1) is 12.4 Å². The fourth-order valence-corrected chi connectivity index (χ4v) is 2.38. The number of anilines is 1. The molecule has 1 aliphatic heterocycles. The van der Waals surface area contributed by atoms with Crippen molar-refractivity contribution in [3.63, 3.8) is 0 Å². The molecule has 1 aliphatic rings. The normalized spacial score (nSPS) is 14.2. The molecule has 0 saturated carbocycles. The van der Waals surface area contributed by atoms with Crippen LogP contribution in [0.3, 0.4) is 0 Å². The summed E-state index contributed by atoms with van der Waals surface area (Å²) in [4.78, 5) is 14.4. The van der Waals surface area contributed by atoms with Crippen molar-refractivity contribution in [3.8, 4) is 0 Å². The van der Waals surface area contributed by atoms with Crippen LogP contribution < -0.4 is 10.2 Å². The molecule has 0 bridgehead atoms. The van der Waals surface area contributed by atoms with Crippen LogP contribution in [0.5, 0.6) is 0 Å². The quantitative estimate of drug-likeness (QED) is 0.879. The van der Waals surface area contributed by atoms with Crippen LogP contribution in [0.1, 0.15) is 21.7 Å². The third kappa shape index (κ3) is 2.57. The number of fused-ring (bicyclic) bond motifs is 1. The Bertz CT molecular complexity index is 609. The average Bonchev–Trinajstić information content (AvgIpc) is 2.74.